The second kappa shape index (κ2) is 8.22. The van der Waals surface area contributed by atoms with Crippen LogP contribution in [0.2, 0.25) is 0 Å². The number of aliphatic hydroxyl groups is 3. The van der Waals surface area contributed by atoms with Crippen LogP contribution in [0.5, 0.6) is 0 Å². The van der Waals surface area contributed by atoms with Gasteiger partial charge in [-0.2, -0.15) is 0 Å². The Kier molecular flexibility index (Phi) is 6.00. The third-order valence-electron chi connectivity index (χ3n) is 6.25. The van der Waals surface area contributed by atoms with Gasteiger partial charge in [0.05, 0.1) is 43.1 Å². The molecule has 0 bridgehead atoms. The van der Waals surface area contributed by atoms with Gasteiger partial charge < -0.3 is 49.9 Å². The average Bonchev–Trinajstić information content (AvgIpc) is 3.20. The van der Waals surface area contributed by atoms with E-state index in [0.29, 0.717) is 13.0 Å². The third kappa shape index (κ3) is 3.62. The van der Waals surface area contributed by atoms with Gasteiger partial charge in [0.2, 0.25) is 12.1 Å². The third-order valence-corrected chi connectivity index (χ3v) is 6.25. The lowest BCUT2D eigenvalue weighted by Gasteiger charge is -2.58. The molecule has 0 aromatic carbocycles. The standard InChI is InChI=1S/C19H31N3O7/c1-9-7-11(22-8-10-5-4-6-26-10)19(25)18(27-9)28-17-15(24)12(20-2)14(23)13(21-3)16(17)29-19/h4-6,9,11-18,20-25H,7-8H2,1-3H3. The first kappa shape index (κ1) is 21.2. The lowest BCUT2D eigenvalue weighted by Crippen LogP contribution is -2.79. The van der Waals surface area contributed by atoms with Crippen LogP contribution in [0.4, 0.5) is 0 Å². The number of likely N-dealkylation sites (N-methyl/N-ethyl adjacent to an activating group) is 2. The van der Waals surface area contributed by atoms with E-state index in [0.717, 1.165) is 5.76 Å². The summed E-state index contributed by atoms with van der Waals surface area (Å²) in [6.45, 7) is 2.30. The van der Waals surface area contributed by atoms with Crippen LogP contribution in [0.1, 0.15) is 19.1 Å². The Labute approximate surface area is 169 Å². The molecule has 0 spiro atoms. The summed E-state index contributed by atoms with van der Waals surface area (Å²) in [5.41, 5.74) is 0. The van der Waals surface area contributed by atoms with Gasteiger partial charge in [-0.05, 0) is 39.6 Å². The van der Waals surface area contributed by atoms with Crippen molar-refractivity contribution in [3.63, 3.8) is 0 Å². The molecule has 1 aromatic heterocycles. The van der Waals surface area contributed by atoms with Crippen LogP contribution < -0.4 is 16.0 Å². The van der Waals surface area contributed by atoms with E-state index in [2.05, 4.69) is 16.0 Å². The molecule has 10 heteroatoms. The summed E-state index contributed by atoms with van der Waals surface area (Å²) in [4.78, 5) is 0. The van der Waals surface area contributed by atoms with Gasteiger partial charge >= 0.3 is 0 Å². The van der Waals surface area contributed by atoms with Gasteiger partial charge in [-0.3, -0.25) is 0 Å². The smallest absolute Gasteiger partial charge is 0.234 e. The first-order valence-electron chi connectivity index (χ1n) is 10.1. The number of ether oxygens (including phenoxy) is 3. The zero-order chi connectivity index (χ0) is 20.8. The topological polar surface area (TPSA) is 138 Å². The van der Waals surface area contributed by atoms with Crippen LogP contribution in [0.25, 0.3) is 0 Å². The molecule has 3 fully saturated rings. The monoisotopic (exact) mass is 413 g/mol. The minimum absolute atomic E-state index is 0.193. The van der Waals surface area contributed by atoms with Crippen molar-refractivity contribution >= 4 is 0 Å². The molecule has 1 saturated carbocycles. The van der Waals surface area contributed by atoms with E-state index in [1.165, 1.54) is 0 Å². The van der Waals surface area contributed by atoms with Crippen LogP contribution in [-0.4, -0.2) is 90.1 Å². The normalized spacial score (nSPS) is 47.4. The number of hydrogen-bond acceptors (Lipinski definition) is 10. The Morgan fingerprint density at radius 2 is 1.86 bits per heavy atom. The second-order valence-electron chi connectivity index (χ2n) is 8.07. The molecular weight excluding hydrogens is 382 g/mol. The molecule has 0 amide bonds. The van der Waals surface area contributed by atoms with Crippen molar-refractivity contribution in [1.82, 2.24) is 16.0 Å². The quantitative estimate of drug-likeness (QED) is 0.330. The van der Waals surface area contributed by atoms with E-state index < -0.39 is 54.6 Å². The van der Waals surface area contributed by atoms with Crippen molar-refractivity contribution in [1.29, 1.82) is 0 Å². The minimum Gasteiger partial charge on any atom is -0.468 e. The van der Waals surface area contributed by atoms with Gasteiger partial charge in [0.15, 0.2) is 0 Å². The van der Waals surface area contributed by atoms with Crippen LogP contribution in [0.3, 0.4) is 0 Å². The highest BCUT2D eigenvalue weighted by Crippen LogP contribution is 2.42. The fourth-order valence-corrected chi connectivity index (χ4v) is 4.72. The van der Waals surface area contributed by atoms with Gasteiger partial charge in [0, 0.05) is 0 Å². The highest BCUT2D eigenvalue weighted by Gasteiger charge is 2.63. The molecule has 2 aliphatic heterocycles. The Bertz CT molecular complexity index is 677. The Morgan fingerprint density at radius 3 is 2.52 bits per heavy atom. The number of aliphatic hydroxyl groups excluding tert-OH is 2. The SMILES string of the molecule is CNC1C(O)C(NC)C2OC3(O)C(NCc4ccco4)CC(C)OC3OC2C1O. The van der Waals surface area contributed by atoms with Gasteiger partial charge in [0.1, 0.15) is 24.1 Å². The minimum atomic E-state index is -1.79. The van der Waals surface area contributed by atoms with Crippen molar-refractivity contribution in [2.75, 3.05) is 14.1 Å². The molecule has 29 heavy (non-hydrogen) atoms. The molecule has 164 valence electrons. The van der Waals surface area contributed by atoms with Crippen molar-refractivity contribution in [2.45, 2.75) is 80.6 Å². The van der Waals surface area contributed by atoms with Crippen molar-refractivity contribution < 1.29 is 33.9 Å². The average molecular weight is 413 g/mol. The van der Waals surface area contributed by atoms with Crippen LogP contribution in [0.15, 0.2) is 22.8 Å². The molecule has 0 radical (unpaired) electrons. The van der Waals surface area contributed by atoms with Crippen molar-refractivity contribution in [3.05, 3.63) is 24.2 Å². The molecule has 10 nitrogen and oxygen atoms in total. The molecular formula is C19H31N3O7. The molecule has 4 rings (SSSR count). The highest BCUT2D eigenvalue weighted by molar-refractivity contribution is 5.10. The fourth-order valence-electron chi connectivity index (χ4n) is 4.72. The summed E-state index contributed by atoms with van der Waals surface area (Å²) >= 11 is 0. The maximum atomic E-state index is 11.5. The molecule has 10 atom stereocenters. The number of furan rings is 1. The van der Waals surface area contributed by atoms with Crippen LogP contribution in [-0.2, 0) is 20.8 Å². The van der Waals surface area contributed by atoms with Crippen LogP contribution >= 0.6 is 0 Å². The Balaban J connectivity index is 1.58. The highest BCUT2D eigenvalue weighted by atomic mass is 16.8. The summed E-state index contributed by atoms with van der Waals surface area (Å²) in [5, 5.41) is 42.2. The molecule has 6 N–H and O–H groups in total. The second-order valence-corrected chi connectivity index (χ2v) is 8.07. The number of rotatable bonds is 5. The van der Waals surface area contributed by atoms with E-state index in [1.54, 1.807) is 26.4 Å². The summed E-state index contributed by atoms with van der Waals surface area (Å²) in [6.07, 6.45) is -2.74. The number of fused-ring (bicyclic) bond motifs is 2. The predicted octanol–water partition coefficient (Wildman–Crippen LogP) is -1.74. The van der Waals surface area contributed by atoms with Crippen LogP contribution in [0, 0.1) is 0 Å². The number of nitrogens with one attached hydrogen (secondary N) is 3. The van der Waals surface area contributed by atoms with Gasteiger partial charge in [-0.1, -0.05) is 0 Å². The van der Waals surface area contributed by atoms with Gasteiger partial charge in [-0.15, -0.1) is 0 Å². The van der Waals surface area contributed by atoms with E-state index >= 15 is 0 Å². The molecule has 2 saturated heterocycles. The maximum absolute atomic E-state index is 11.5. The van der Waals surface area contributed by atoms with E-state index in [4.69, 9.17) is 18.6 Å². The lowest BCUT2D eigenvalue weighted by molar-refractivity contribution is -0.449. The summed E-state index contributed by atoms with van der Waals surface area (Å²) in [7, 11) is 3.36. The van der Waals surface area contributed by atoms with Crippen molar-refractivity contribution in [3.8, 4) is 0 Å². The Hall–Kier alpha value is -1.08. The summed E-state index contributed by atoms with van der Waals surface area (Å²) in [6, 6.07) is 1.96. The molecule has 3 aliphatic rings. The molecule has 1 aromatic rings. The van der Waals surface area contributed by atoms with Gasteiger partial charge in [-0.25, -0.2) is 0 Å². The molecule has 10 unspecified atom stereocenters. The van der Waals surface area contributed by atoms with E-state index in [-0.39, 0.29) is 6.10 Å². The fraction of sp³-hybridized carbons (Fsp3) is 0.789. The first-order valence-corrected chi connectivity index (χ1v) is 10.1. The largest absolute Gasteiger partial charge is 0.468 e. The van der Waals surface area contributed by atoms with Gasteiger partial charge in [0.25, 0.3) is 0 Å². The van der Waals surface area contributed by atoms with Crippen molar-refractivity contribution in [2.24, 2.45) is 0 Å². The summed E-state index contributed by atoms with van der Waals surface area (Å²) in [5.74, 6) is -1.06. The van der Waals surface area contributed by atoms with E-state index in [1.807, 2.05) is 13.0 Å². The van der Waals surface area contributed by atoms with E-state index in [9.17, 15) is 15.3 Å². The molecule has 3 heterocycles. The zero-order valence-corrected chi connectivity index (χ0v) is 16.8. The number of hydrogen-bond donors (Lipinski definition) is 6. The zero-order valence-electron chi connectivity index (χ0n) is 16.8. The predicted molar refractivity (Wildman–Crippen MR) is 101 cm³/mol. The first-order chi connectivity index (χ1) is 13.9. The summed E-state index contributed by atoms with van der Waals surface area (Å²) < 4.78 is 23.4. The lowest BCUT2D eigenvalue weighted by atomic mass is 9.79. The maximum Gasteiger partial charge on any atom is 0.234 e. The molecule has 1 aliphatic carbocycles. The Morgan fingerprint density at radius 1 is 1.10 bits per heavy atom.